The molecule has 0 saturated carbocycles. The first-order chi connectivity index (χ1) is 11.8. The Labute approximate surface area is 155 Å². The van der Waals surface area contributed by atoms with Crippen LogP contribution >= 0.6 is 22.9 Å². The maximum absolute atomic E-state index is 12.0. The maximum atomic E-state index is 12.0. The summed E-state index contributed by atoms with van der Waals surface area (Å²) < 4.78 is 1.79. The molecule has 2 N–H and O–H groups in total. The van der Waals surface area contributed by atoms with Crippen LogP contribution in [0, 0.1) is 0 Å². The number of anilines is 1. The van der Waals surface area contributed by atoms with Gasteiger partial charge >= 0.3 is 0 Å². The summed E-state index contributed by atoms with van der Waals surface area (Å²) in [5.74, 6) is -0.123. The van der Waals surface area contributed by atoms with Gasteiger partial charge in [0.2, 0.25) is 10.1 Å². The zero-order valence-corrected chi connectivity index (χ0v) is 15.9. The van der Waals surface area contributed by atoms with E-state index in [2.05, 4.69) is 41.5 Å². The predicted molar refractivity (Wildman–Crippen MR) is 102 cm³/mol. The molecule has 25 heavy (non-hydrogen) atoms. The highest BCUT2D eigenvalue weighted by molar-refractivity contribution is 7.20. The van der Waals surface area contributed by atoms with Crippen molar-refractivity contribution in [2.75, 3.05) is 18.4 Å². The van der Waals surface area contributed by atoms with Crippen molar-refractivity contribution < 1.29 is 4.79 Å². The molecule has 6 nitrogen and oxygen atoms in total. The van der Waals surface area contributed by atoms with Crippen LogP contribution in [0.25, 0.3) is 4.96 Å². The topological polar surface area (TPSA) is 71.3 Å². The Morgan fingerprint density at radius 3 is 2.60 bits per heavy atom. The van der Waals surface area contributed by atoms with Gasteiger partial charge in [-0.2, -0.15) is 0 Å². The number of imidazole rings is 1. The Hall–Kier alpha value is -2.12. The number of benzene rings is 1. The number of aromatic nitrogens is 3. The molecule has 2 aromatic heterocycles. The average molecular weight is 378 g/mol. The molecular weight excluding hydrogens is 358 g/mol. The highest BCUT2D eigenvalue weighted by Crippen LogP contribution is 2.25. The molecule has 2 heterocycles. The number of halogens is 1. The smallest absolute Gasteiger partial charge is 0.251 e. The summed E-state index contributed by atoms with van der Waals surface area (Å²) >= 11 is 7.31. The minimum absolute atomic E-state index is 0.00690. The van der Waals surface area contributed by atoms with Gasteiger partial charge in [0.05, 0.1) is 11.9 Å². The predicted octanol–water partition coefficient (Wildman–Crippen LogP) is 3.58. The van der Waals surface area contributed by atoms with Gasteiger partial charge in [0.15, 0.2) is 0 Å². The Balaban J connectivity index is 1.50. The van der Waals surface area contributed by atoms with Crippen LogP contribution in [0.3, 0.4) is 0 Å². The van der Waals surface area contributed by atoms with Gasteiger partial charge in [-0.3, -0.25) is 4.79 Å². The second-order valence-corrected chi connectivity index (χ2v) is 8.09. The Morgan fingerprint density at radius 2 is 1.96 bits per heavy atom. The fourth-order valence-electron chi connectivity index (χ4n) is 2.18. The summed E-state index contributed by atoms with van der Waals surface area (Å²) in [5, 5.41) is 11.9. The van der Waals surface area contributed by atoms with E-state index in [1.165, 1.54) is 11.3 Å². The normalized spacial score (nSPS) is 11.7. The quantitative estimate of drug-likeness (QED) is 0.666. The summed E-state index contributed by atoms with van der Waals surface area (Å²) in [6, 6.07) is 6.80. The Bertz CT molecular complexity index is 847. The van der Waals surface area contributed by atoms with Gasteiger partial charge in [0.1, 0.15) is 0 Å². The van der Waals surface area contributed by atoms with Crippen molar-refractivity contribution in [1.82, 2.24) is 19.9 Å². The number of carbonyl (C=O) groups is 1. The fraction of sp³-hybridized carbons (Fsp3) is 0.353. The molecule has 132 valence electrons. The van der Waals surface area contributed by atoms with Crippen LogP contribution in [-0.2, 0) is 5.41 Å². The van der Waals surface area contributed by atoms with Gasteiger partial charge in [0.25, 0.3) is 5.91 Å². The lowest BCUT2D eigenvalue weighted by atomic mass is 9.93. The molecule has 0 atom stereocenters. The highest BCUT2D eigenvalue weighted by Gasteiger charge is 2.19. The minimum atomic E-state index is -0.123. The number of hydrogen-bond donors (Lipinski definition) is 2. The fourth-order valence-corrected chi connectivity index (χ4v) is 3.11. The van der Waals surface area contributed by atoms with E-state index in [1.54, 1.807) is 28.8 Å². The van der Waals surface area contributed by atoms with Gasteiger partial charge in [0, 0.05) is 29.1 Å². The number of fused-ring (bicyclic) bond motifs is 1. The largest absolute Gasteiger partial charge is 0.358 e. The van der Waals surface area contributed by atoms with Crippen molar-refractivity contribution >= 4 is 38.9 Å². The monoisotopic (exact) mass is 377 g/mol. The molecule has 3 aromatic rings. The van der Waals surface area contributed by atoms with E-state index in [-0.39, 0.29) is 11.3 Å². The lowest BCUT2D eigenvalue weighted by Gasteiger charge is -2.13. The molecule has 3 rings (SSSR count). The van der Waals surface area contributed by atoms with E-state index in [4.69, 9.17) is 11.6 Å². The second kappa shape index (κ2) is 7.01. The first-order valence-corrected chi connectivity index (χ1v) is 9.17. The van der Waals surface area contributed by atoms with Crippen molar-refractivity contribution in [3.63, 3.8) is 0 Å². The number of nitrogens with zero attached hydrogens (tertiary/aromatic N) is 3. The van der Waals surface area contributed by atoms with Crippen LogP contribution in [0.5, 0.6) is 0 Å². The maximum Gasteiger partial charge on any atom is 0.251 e. The third-order valence-electron chi connectivity index (χ3n) is 3.60. The van der Waals surface area contributed by atoms with E-state index in [9.17, 15) is 4.79 Å². The number of hydrogen-bond acceptors (Lipinski definition) is 5. The molecule has 0 aliphatic heterocycles. The number of amides is 1. The number of rotatable bonds is 5. The molecule has 1 amide bonds. The molecule has 0 aliphatic rings. The van der Waals surface area contributed by atoms with Crippen LogP contribution in [0.2, 0.25) is 5.02 Å². The van der Waals surface area contributed by atoms with Gasteiger partial charge in [-0.05, 0) is 24.3 Å². The van der Waals surface area contributed by atoms with E-state index >= 15 is 0 Å². The molecule has 0 bridgehead atoms. The van der Waals surface area contributed by atoms with E-state index in [1.807, 2.05) is 6.20 Å². The third-order valence-corrected chi connectivity index (χ3v) is 4.74. The van der Waals surface area contributed by atoms with Gasteiger partial charge < -0.3 is 10.6 Å². The van der Waals surface area contributed by atoms with Crippen molar-refractivity contribution in [3.8, 4) is 0 Å². The molecule has 1 aromatic carbocycles. The molecule has 0 aliphatic carbocycles. The van der Waals surface area contributed by atoms with Crippen LogP contribution in [0.4, 0.5) is 5.13 Å². The Morgan fingerprint density at radius 1 is 1.24 bits per heavy atom. The van der Waals surface area contributed by atoms with Crippen molar-refractivity contribution in [2.45, 2.75) is 26.2 Å². The van der Waals surface area contributed by atoms with Crippen LogP contribution < -0.4 is 10.6 Å². The van der Waals surface area contributed by atoms with Crippen LogP contribution in [-0.4, -0.2) is 33.6 Å². The SMILES string of the molecule is CC(C)(C)c1cn2nc(NCCNC(=O)c3ccc(Cl)cc3)sc2n1. The lowest BCUT2D eigenvalue weighted by Crippen LogP contribution is -2.28. The number of nitrogens with one attached hydrogen (secondary N) is 2. The molecule has 0 fully saturated rings. The zero-order valence-electron chi connectivity index (χ0n) is 14.3. The first kappa shape index (κ1) is 17.7. The average Bonchev–Trinajstić information content (AvgIpc) is 3.10. The molecule has 0 saturated heterocycles. The minimum Gasteiger partial charge on any atom is -0.358 e. The van der Waals surface area contributed by atoms with Gasteiger partial charge in [-0.15, -0.1) is 5.10 Å². The standard InChI is InChI=1S/C17H20ClN5OS/c1-17(2,3)13-10-23-16(21-13)25-15(22-23)20-9-8-19-14(24)11-4-6-12(18)7-5-11/h4-7,10H,8-9H2,1-3H3,(H,19,24)(H,20,22). The van der Waals surface area contributed by atoms with E-state index in [0.717, 1.165) is 15.8 Å². The van der Waals surface area contributed by atoms with Crippen LogP contribution in [0.15, 0.2) is 30.5 Å². The zero-order chi connectivity index (χ0) is 18.0. The second-order valence-electron chi connectivity index (χ2n) is 6.70. The summed E-state index contributed by atoms with van der Waals surface area (Å²) in [7, 11) is 0. The molecule has 0 spiro atoms. The van der Waals surface area contributed by atoms with E-state index in [0.29, 0.717) is 23.7 Å². The van der Waals surface area contributed by atoms with Crippen molar-refractivity contribution in [2.24, 2.45) is 0 Å². The molecule has 8 heteroatoms. The molecule has 0 radical (unpaired) electrons. The summed E-state index contributed by atoms with van der Waals surface area (Å²) in [5.41, 5.74) is 1.62. The van der Waals surface area contributed by atoms with Crippen LogP contribution in [0.1, 0.15) is 36.8 Å². The number of carbonyl (C=O) groups excluding carboxylic acids is 1. The highest BCUT2D eigenvalue weighted by atomic mass is 35.5. The third kappa shape index (κ3) is 4.29. The van der Waals surface area contributed by atoms with Gasteiger partial charge in [-0.25, -0.2) is 9.50 Å². The van der Waals surface area contributed by atoms with Crippen molar-refractivity contribution in [1.29, 1.82) is 0 Å². The van der Waals surface area contributed by atoms with Gasteiger partial charge in [-0.1, -0.05) is 43.7 Å². The first-order valence-electron chi connectivity index (χ1n) is 7.97. The van der Waals surface area contributed by atoms with Crippen molar-refractivity contribution in [3.05, 3.63) is 46.7 Å². The summed E-state index contributed by atoms with van der Waals surface area (Å²) in [6.07, 6.45) is 1.96. The summed E-state index contributed by atoms with van der Waals surface area (Å²) in [6.45, 7) is 7.46. The van der Waals surface area contributed by atoms with E-state index < -0.39 is 0 Å². The molecule has 0 unspecified atom stereocenters. The lowest BCUT2D eigenvalue weighted by molar-refractivity contribution is 0.0955. The Kier molecular flexibility index (Phi) is 4.96. The molecular formula is C17H20ClN5OS. The summed E-state index contributed by atoms with van der Waals surface area (Å²) in [4.78, 5) is 17.5.